The van der Waals surface area contributed by atoms with Crippen molar-refractivity contribution in [2.24, 2.45) is 0 Å². The number of aldehydes is 1. The first kappa shape index (κ1) is 18.3. The van der Waals surface area contributed by atoms with Gasteiger partial charge in [0, 0.05) is 28.3 Å². The maximum absolute atomic E-state index is 11.5. The summed E-state index contributed by atoms with van der Waals surface area (Å²) in [5.41, 5.74) is 2.99. The lowest BCUT2D eigenvalue weighted by molar-refractivity contribution is -0.137. The molecular weight excluding hydrogens is 376 g/mol. The Morgan fingerprint density at radius 2 is 2.04 bits per heavy atom. The topological polar surface area (TPSA) is 65.7 Å². The predicted octanol–water partition coefficient (Wildman–Crippen LogP) is 5.33. The number of hydrogen-bond acceptors (Lipinski definition) is 6. The Kier molecular flexibility index (Phi) is 4.65. The van der Waals surface area contributed by atoms with E-state index in [1.54, 1.807) is 25.2 Å². The van der Waals surface area contributed by atoms with Gasteiger partial charge in [-0.15, -0.1) is 11.3 Å². The highest BCUT2D eigenvalue weighted by atomic mass is 32.1. The minimum absolute atomic E-state index is 0.352. The van der Waals surface area contributed by atoms with E-state index in [9.17, 15) is 9.59 Å². The first-order chi connectivity index (χ1) is 13.5. The van der Waals surface area contributed by atoms with Crippen molar-refractivity contribution in [2.45, 2.75) is 26.9 Å². The fourth-order valence-corrected chi connectivity index (χ4v) is 3.98. The number of rotatable bonds is 4. The van der Waals surface area contributed by atoms with Crippen LogP contribution < -0.4 is 0 Å². The highest BCUT2D eigenvalue weighted by Gasteiger charge is 2.30. The van der Waals surface area contributed by atoms with Crippen LogP contribution in [0, 0.1) is 0 Å². The number of carbonyl (C=O) groups excluding carboxylic acids is 2. The predicted molar refractivity (Wildman–Crippen MR) is 108 cm³/mol. The number of hydrogen-bond donors (Lipinski definition) is 0. The highest BCUT2D eigenvalue weighted by Crippen LogP contribution is 2.38. The van der Waals surface area contributed by atoms with E-state index in [1.165, 1.54) is 11.8 Å². The molecule has 0 N–H and O–H groups in total. The van der Waals surface area contributed by atoms with E-state index >= 15 is 0 Å². The number of thiophene rings is 1. The summed E-state index contributed by atoms with van der Waals surface area (Å²) in [6, 6.07) is 11.9. The fraction of sp³-hybridized carbons (Fsp3) is 0.182. The largest absolute Gasteiger partial charge is 0.474 e. The summed E-state index contributed by atoms with van der Waals surface area (Å²) in [5, 5.41) is 2.96. The first-order valence-corrected chi connectivity index (χ1v) is 9.66. The van der Waals surface area contributed by atoms with Crippen LogP contribution in [0.15, 0.2) is 63.1 Å². The maximum Gasteiger partial charge on any atom is 0.308 e. The average molecular weight is 394 g/mol. The van der Waals surface area contributed by atoms with Gasteiger partial charge >= 0.3 is 5.97 Å². The van der Waals surface area contributed by atoms with Crippen molar-refractivity contribution in [3.05, 3.63) is 64.4 Å². The normalized spacial score (nSPS) is 17.0. The summed E-state index contributed by atoms with van der Waals surface area (Å²) in [4.78, 5) is 24.2. The Morgan fingerprint density at radius 1 is 1.21 bits per heavy atom. The van der Waals surface area contributed by atoms with Crippen molar-refractivity contribution in [2.75, 3.05) is 0 Å². The molecule has 6 heteroatoms. The van der Waals surface area contributed by atoms with E-state index in [4.69, 9.17) is 13.9 Å². The molecule has 0 bridgehead atoms. The zero-order valence-electron chi connectivity index (χ0n) is 15.6. The second-order valence-corrected chi connectivity index (χ2v) is 7.52. The van der Waals surface area contributed by atoms with Gasteiger partial charge in [0.25, 0.3) is 0 Å². The average Bonchev–Trinajstić information content (AvgIpc) is 3.34. The van der Waals surface area contributed by atoms with Gasteiger partial charge in [0.05, 0.1) is 0 Å². The molecule has 142 valence electrons. The zero-order valence-corrected chi connectivity index (χ0v) is 16.5. The standard InChI is InChI=1S/C22H18O5S/c1-12-19(11-23)27-22(13(2)21(12)25-14(3)24)18-10-16-9-15(6-7-17(16)26-18)20-5-4-8-28-20/h4-11,19H,1-3H3. The summed E-state index contributed by atoms with van der Waals surface area (Å²) in [5.74, 6) is 0.781. The minimum Gasteiger partial charge on any atom is -0.474 e. The summed E-state index contributed by atoms with van der Waals surface area (Å²) in [6.45, 7) is 4.82. The third-order valence-electron chi connectivity index (χ3n) is 4.63. The van der Waals surface area contributed by atoms with Gasteiger partial charge in [-0.1, -0.05) is 6.07 Å². The summed E-state index contributed by atoms with van der Waals surface area (Å²) in [7, 11) is 0. The van der Waals surface area contributed by atoms with E-state index in [0.29, 0.717) is 40.3 Å². The number of benzene rings is 1. The molecule has 1 aliphatic heterocycles. The molecule has 3 aromatic rings. The molecule has 0 spiro atoms. The van der Waals surface area contributed by atoms with Crippen molar-refractivity contribution < 1.29 is 23.5 Å². The maximum atomic E-state index is 11.5. The molecule has 1 aromatic carbocycles. The van der Waals surface area contributed by atoms with Gasteiger partial charge in [0.1, 0.15) is 11.3 Å². The first-order valence-electron chi connectivity index (χ1n) is 8.78. The van der Waals surface area contributed by atoms with E-state index in [0.717, 1.165) is 10.9 Å². The van der Waals surface area contributed by atoms with E-state index in [1.807, 2.05) is 29.6 Å². The van der Waals surface area contributed by atoms with Crippen LogP contribution in [0.1, 0.15) is 26.5 Å². The van der Waals surface area contributed by atoms with Gasteiger partial charge in [-0.05, 0) is 55.1 Å². The Labute approximate surface area is 165 Å². The molecule has 28 heavy (non-hydrogen) atoms. The number of carbonyl (C=O) groups is 2. The van der Waals surface area contributed by atoms with Crippen LogP contribution in [-0.4, -0.2) is 18.4 Å². The smallest absolute Gasteiger partial charge is 0.308 e. The Balaban J connectivity index is 1.80. The Bertz CT molecular complexity index is 1130. The molecule has 0 saturated heterocycles. The van der Waals surface area contributed by atoms with Crippen LogP contribution in [0.5, 0.6) is 0 Å². The van der Waals surface area contributed by atoms with Gasteiger partial charge in [-0.2, -0.15) is 0 Å². The second kappa shape index (κ2) is 7.13. The molecule has 0 aliphatic carbocycles. The molecule has 0 amide bonds. The van der Waals surface area contributed by atoms with Crippen molar-refractivity contribution in [3.63, 3.8) is 0 Å². The molecular formula is C22H18O5S. The van der Waals surface area contributed by atoms with E-state index in [2.05, 4.69) is 12.1 Å². The van der Waals surface area contributed by atoms with Gasteiger partial charge in [0.15, 0.2) is 23.9 Å². The number of esters is 1. The molecule has 1 aliphatic rings. The van der Waals surface area contributed by atoms with Crippen molar-refractivity contribution in [1.29, 1.82) is 0 Å². The lowest BCUT2D eigenvalue weighted by Crippen LogP contribution is -2.23. The lowest BCUT2D eigenvalue weighted by Gasteiger charge is -2.26. The van der Waals surface area contributed by atoms with Crippen LogP contribution in [-0.2, 0) is 19.1 Å². The van der Waals surface area contributed by atoms with Crippen LogP contribution in [0.4, 0.5) is 0 Å². The summed E-state index contributed by atoms with van der Waals surface area (Å²) < 4.78 is 17.2. The van der Waals surface area contributed by atoms with Crippen molar-refractivity contribution in [3.8, 4) is 10.4 Å². The molecule has 3 heterocycles. The van der Waals surface area contributed by atoms with Gasteiger partial charge in [0.2, 0.25) is 0 Å². The Morgan fingerprint density at radius 3 is 2.71 bits per heavy atom. The zero-order chi connectivity index (χ0) is 19.8. The number of furan rings is 1. The Hall–Kier alpha value is -3.12. The fourth-order valence-electron chi connectivity index (χ4n) is 3.26. The van der Waals surface area contributed by atoms with Gasteiger partial charge in [-0.3, -0.25) is 9.59 Å². The molecule has 2 aromatic heterocycles. The molecule has 4 rings (SSSR count). The highest BCUT2D eigenvalue weighted by molar-refractivity contribution is 7.13. The van der Waals surface area contributed by atoms with Gasteiger partial charge < -0.3 is 13.9 Å². The molecule has 0 radical (unpaired) electrons. The van der Waals surface area contributed by atoms with E-state index < -0.39 is 12.1 Å². The van der Waals surface area contributed by atoms with Crippen LogP contribution in [0.3, 0.4) is 0 Å². The van der Waals surface area contributed by atoms with Crippen LogP contribution in [0.25, 0.3) is 27.2 Å². The lowest BCUT2D eigenvalue weighted by atomic mass is 10.0. The third kappa shape index (κ3) is 3.16. The van der Waals surface area contributed by atoms with E-state index in [-0.39, 0.29) is 0 Å². The SMILES string of the molecule is CC(=O)OC1=C(C)C(C=O)OC(c2cc3cc(-c4cccs4)ccc3o2)=C1C. The summed E-state index contributed by atoms with van der Waals surface area (Å²) >= 11 is 1.67. The second-order valence-electron chi connectivity index (χ2n) is 6.57. The van der Waals surface area contributed by atoms with Crippen molar-refractivity contribution >= 4 is 40.3 Å². The molecule has 1 atom stereocenters. The molecule has 0 saturated carbocycles. The summed E-state index contributed by atoms with van der Waals surface area (Å²) in [6.07, 6.45) is -0.147. The number of fused-ring (bicyclic) bond motifs is 1. The quantitative estimate of drug-likeness (QED) is 0.442. The monoisotopic (exact) mass is 394 g/mol. The molecule has 5 nitrogen and oxygen atoms in total. The minimum atomic E-state index is -0.831. The van der Waals surface area contributed by atoms with Crippen LogP contribution in [0.2, 0.25) is 0 Å². The number of ether oxygens (including phenoxy) is 2. The van der Waals surface area contributed by atoms with Gasteiger partial charge in [-0.25, -0.2) is 0 Å². The molecule has 1 unspecified atom stereocenters. The third-order valence-corrected chi connectivity index (χ3v) is 5.55. The van der Waals surface area contributed by atoms with Crippen LogP contribution >= 0.6 is 11.3 Å². The number of allylic oxidation sites excluding steroid dienone is 1. The van der Waals surface area contributed by atoms with Crippen molar-refractivity contribution in [1.82, 2.24) is 0 Å². The molecule has 0 fully saturated rings.